The highest BCUT2D eigenvalue weighted by atomic mass is 79.9. The molecule has 2 N–H and O–H groups in total. The van der Waals surface area contributed by atoms with E-state index in [0.29, 0.717) is 27.2 Å². The van der Waals surface area contributed by atoms with Crippen LogP contribution in [0.2, 0.25) is 0 Å². The molecule has 1 fully saturated rings. The van der Waals surface area contributed by atoms with Crippen molar-refractivity contribution in [3.63, 3.8) is 0 Å². The molecule has 4 rings (SSSR count). The molecule has 3 aromatic rings. The van der Waals surface area contributed by atoms with Crippen molar-refractivity contribution in [2.75, 3.05) is 12.1 Å². The Hall–Kier alpha value is -4.11. The summed E-state index contributed by atoms with van der Waals surface area (Å²) < 4.78 is 12.1. The smallest absolute Gasteiger partial charge is 0.335 e. The maximum absolute atomic E-state index is 13.0. The molecule has 1 saturated heterocycles. The Bertz CT molecular complexity index is 1290. The van der Waals surface area contributed by atoms with Crippen LogP contribution in [-0.2, 0) is 16.2 Å². The molecule has 0 bridgehead atoms. The first-order chi connectivity index (χ1) is 16.4. The summed E-state index contributed by atoms with van der Waals surface area (Å²) >= 11 is 3.42. The Balaban J connectivity index is 1.66. The van der Waals surface area contributed by atoms with E-state index in [1.165, 1.54) is 30.3 Å². The number of hydrogen-bond acceptors (Lipinski definition) is 5. The molecule has 1 aliphatic heterocycles. The van der Waals surface area contributed by atoms with Crippen molar-refractivity contribution in [3.05, 3.63) is 93.5 Å². The average Bonchev–Trinajstić information content (AvgIpc) is 3.12. The summed E-state index contributed by atoms with van der Waals surface area (Å²) in [6.45, 7) is 0.115. The summed E-state index contributed by atoms with van der Waals surface area (Å²) in [7, 11) is 1.48. The molecule has 8 nitrogen and oxygen atoms in total. The summed E-state index contributed by atoms with van der Waals surface area (Å²) in [5.41, 5.74) is 4.42. The maximum Gasteiger partial charge on any atom is 0.335 e. The van der Waals surface area contributed by atoms with Gasteiger partial charge in [-0.25, -0.2) is 9.80 Å². The number of hydrazine groups is 1. The lowest BCUT2D eigenvalue weighted by Gasteiger charge is -2.15. The second-order valence-corrected chi connectivity index (χ2v) is 8.21. The van der Waals surface area contributed by atoms with E-state index in [-0.39, 0.29) is 17.7 Å². The Kier molecular flexibility index (Phi) is 6.65. The monoisotopic (exact) mass is 522 g/mol. The summed E-state index contributed by atoms with van der Waals surface area (Å²) in [6, 6.07) is 18.5. The Morgan fingerprint density at radius 2 is 1.79 bits per heavy atom. The van der Waals surface area contributed by atoms with E-state index in [9.17, 15) is 14.4 Å². The molecule has 0 unspecified atom stereocenters. The largest absolute Gasteiger partial charge is 0.493 e. The van der Waals surface area contributed by atoms with Gasteiger partial charge >= 0.3 is 5.97 Å². The van der Waals surface area contributed by atoms with Crippen molar-refractivity contribution in [2.45, 2.75) is 6.61 Å². The zero-order valence-electron chi connectivity index (χ0n) is 17.9. The third kappa shape index (κ3) is 4.79. The van der Waals surface area contributed by atoms with Crippen LogP contribution in [0.1, 0.15) is 21.5 Å². The first kappa shape index (κ1) is 23.1. The van der Waals surface area contributed by atoms with E-state index in [2.05, 4.69) is 21.4 Å². The van der Waals surface area contributed by atoms with Gasteiger partial charge in [-0.1, -0.05) is 46.3 Å². The van der Waals surface area contributed by atoms with Gasteiger partial charge in [0.1, 0.15) is 12.2 Å². The third-order valence-electron chi connectivity index (χ3n) is 5.06. The predicted octanol–water partition coefficient (Wildman–Crippen LogP) is 4.20. The topological polar surface area (TPSA) is 105 Å². The number of benzene rings is 3. The molecule has 0 spiro atoms. The quantitative estimate of drug-likeness (QED) is 0.356. The number of carbonyl (C=O) groups is 3. The molecule has 0 aliphatic carbocycles. The van der Waals surface area contributed by atoms with Crippen molar-refractivity contribution in [1.29, 1.82) is 0 Å². The van der Waals surface area contributed by atoms with Crippen LogP contribution in [0.25, 0.3) is 6.08 Å². The molecule has 34 heavy (non-hydrogen) atoms. The first-order valence-corrected chi connectivity index (χ1v) is 10.9. The second-order valence-electron chi connectivity index (χ2n) is 7.29. The number of rotatable bonds is 7. The zero-order chi connectivity index (χ0) is 24.2. The van der Waals surface area contributed by atoms with Crippen LogP contribution < -0.4 is 19.9 Å². The third-order valence-corrected chi connectivity index (χ3v) is 5.52. The minimum Gasteiger partial charge on any atom is -0.493 e. The van der Waals surface area contributed by atoms with Gasteiger partial charge in [0, 0.05) is 10.0 Å². The molecular formula is C25H19BrN2O6. The molecule has 1 aliphatic rings. The van der Waals surface area contributed by atoms with Gasteiger partial charge in [0.15, 0.2) is 11.5 Å². The summed E-state index contributed by atoms with van der Waals surface area (Å²) in [4.78, 5) is 36.7. The van der Waals surface area contributed by atoms with Gasteiger partial charge in [0.05, 0.1) is 18.4 Å². The number of ether oxygens (including phenoxy) is 2. The highest BCUT2D eigenvalue weighted by molar-refractivity contribution is 9.10. The predicted molar refractivity (Wildman–Crippen MR) is 128 cm³/mol. The lowest BCUT2D eigenvalue weighted by atomic mass is 10.1. The first-order valence-electron chi connectivity index (χ1n) is 10.1. The number of amides is 2. The number of nitrogens with zero attached hydrogens (tertiary/aromatic N) is 1. The number of carboxylic acids is 1. The van der Waals surface area contributed by atoms with E-state index in [0.717, 1.165) is 5.56 Å². The van der Waals surface area contributed by atoms with Crippen LogP contribution in [-0.4, -0.2) is 30.0 Å². The van der Waals surface area contributed by atoms with Crippen LogP contribution in [0, 0.1) is 0 Å². The number of methoxy groups -OCH3 is 1. The minimum atomic E-state index is -1.01. The fourth-order valence-electron chi connectivity index (χ4n) is 3.37. The van der Waals surface area contributed by atoms with E-state index in [4.69, 9.17) is 14.6 Å². The minimum absolute atomic E-state index is 0.0559. The van der Waals surface area contributed by atoms with Crippen molar-refractivity contribution in [3.8, 4) is 11.5 Å². The van der Waals surface area contributed by atoms with E-state index in [1.54, 1.807) is 48.5 Å². The fraction of sp³-hybridized carbons (Fsp3) is 0.0800. The molecular weight excluding hydrogens is 504 g/mol. The number of halogens is 1. The number of nitrogens with one attached hydrogen (secondary N) is 1. The van der Waals surface area contributed by atoms with E-state index in [1.807, 2.05) is 6.07 Å². The summed E-state index contributed by atoms with van der Waals surface area (Å²) in [6.07, 6.45) is 1.46. The van der Waals surface area contributed by atoms with Crippen molar-refractivity contribution >= 4 is 45.5 Å². The molecule has 9 heteroatoms. The molecule has 0 atom stereocenters. The number of para-hydroxylation sites is 1. The molecule has 3 aromatic carbocycles. The van der Waals surface area contributed by atoms with E-state index < -0.39 is 17.8 Å². The van der Waals surface area contributed by atoms with Gasteiger partial charge in [0.2, 0.25) is 0 Å². The van der Waals surface area contributed by atoms with Crippen LogP contribution in [0.4, 0.5) is 5.69 Å². The van der Waals surface area contributed by atoms with Crippen molar-refractivity contribution in [1.82, 2.24) is 5.43 Å². The van der Waals surface area contributed by atoms with Gasteiger partial charge in [-0.3, -0.25) is 15.0 Å². The highest BCUT2D eigenvalue weighted by Crippen LogP contribution is 2.37. The van der Waals surface area contributed by atoms with Gasteiger partial charge in [-0.2, -0.15) is 0 Å². The summed E-state index contributed by atoms with van der Waals surface area (Å²) in [5, 5.41) is 10.3. The van der Waals surface area contributed by atoms with Crippen molar-refractivity contribution < 1.29 is 29.0 Å². The Labute approximate surface area is 203 Å². The molecule has 0 saturated carbocycles. The SMILES string of the molecule is COc1cc(Br)cc(/C=C2\C(=O)NN(c3ccccc3)C2=O)c1OCc1ccc(C(=O)O)cc1. The van der Waals surface area contributed by atoms with Gasteiger partial charge < -0.3 is 14.6 Å². The zero-order valence-corrected chi connectivity index (χ0v) is 19.5. The number of carbonyl (C=O) groups excluding carboxylic acids is 2. The molecule has 172 valence electrons. The molecule has 0 aromatic heterocycles. The van der Waals surface area contributed by atoms with Gasteiger partial charge in [-0.15, -0.1) is 0 Å². The molecule has 0 radical (unpaired) electrons. The fourth-order valence-corrected chi connectivity index (χ4v) is 3.83. The normalized spacial score (nSPS) is 14.3. The highest BCUT2D eigenvalue weighted by Gasteiger charge is 2.34. The number of hydrogen-bond donors (Lipinski definition) is 2. The number of aromatic carboxylic acids is 1. The Morgan fingerprint density at radius 3 is 2.44 bits per heavy atom. The standard InChI is InChI=1S/C25H19BrN2O6/c1-33-21-13-18(26)11-17(22(21)34-14-15-7-9-16(10-8-15)25(31)32)12-20-23(29)27-28(24(20)30)19-5-3-2-4-6-19/h2-13H,14H2,1H3,(H,27,29)(H,31,32)/b20-12+. The van der Waals surface area contributed by atoms with Crippen LogP contribution >= 0.6 is 15.9 Å². The van der Waals surface area contributed by atoms with Gasteiger partial charge in [-0.05, 0) is 48.0 Å². The van der Waals surface area contributed by atoms with Crippen LogP contribution in [0.15, 0.2) is 76.8 Å². The van der Waals surface area contributed by atoms with Gasteiger partial charge in [0.25, 0.3) is 11.8 Å². The lowest BCUT2D eigenvalue weighted by molar-refractivity contribution is -0.117. The molecule has 2 amide bonds. The van der Waals surface area contributed by atoms with Crippen molar-refractivity contribution in [2.24, 2.45) is 0 Å². The molecule has 1 heterocycles. The average molecular weight is 523 g/mol. The van der Waals surface area contributed by atoms with Crippen LogP contribution in [0.3, 0.4) is 0 Å². The van der Waals surface area contributed by atoms with E-state index >= 15 is 0 Å². The van der Waals surface area contributed by atoms with Crippen LogP contribution in [0.5, 0.6) is 11.5 Å². The second kappa shape index (κ2) is 9.80. The maximum atomic E-state index is 13.0. The Morgan fingerprint density at radius 1 is 1.09 bits per heavy atom. The summed E-state index contributed by atoms with van der Waals surface area (Å²) in [5.74, 6) is -1.32. The number of carboxylic acid groups (broad SMARTS) is 1. The lowest BCUT2D eigenvalue weighted by Crippen LogP contribution is -2.35. The number of anilines is 1.